The fourth-order valence-corrected chi connectivity index (χ4v) is 3.10. The summed E-state index contributed by atoms with van der Waals surface area (Å²) >= 11 is 1.05. The van der Waals surface area contributed by atoms with Crippen molar-refractivity contribution >= 4 is 45.6 Å². The lowest BCUT2D eigenvalue weighted by Crippen LogP contribution is -2.30. The smallest absolute Gasteiger partial charge is 0.381 e. The van der Waals surface area contributed by atoms with Gasteiger partial charge in [-0.25, -0.2) is 14.6 Å². The van der Waals surface area contributed by atoms with Crippen LogP contribution in [0.15, 0.2) is 66.0 Å². The van der Waals surface area contributed by atoms with Crippen LogP contribution in [0.1, 0.15) is 17.4 Å². The van der Waals surface area contributed by atoms with E-state index in [-0.39, 0.29) is 17.4 Å². The van der Waals surface area contributed by atoms with Gasteiger partial charge in [-0.15, -0.1) is 11.3 Å². The second kappa shape index (κ2) is 8.92. The van der Waals surface area contributed by atoms with Crippen LogP contribution in [0.3, 0.4) is 0 Å². The van der Waals surface area contributed by atoms with Gasteiger partial charge in [0.2, 0.25) is 0 Å². The summed E-state index contributed by atoms with van der Waals surface area (Å²) in [5, 5.41) is 4.29. The molecule has 0 saturated heterocycles. The van der Waals surface area contributed by atoms with E-state index in [1.165, 1.54) is 10.3 Å². The summed E-state index contributed by atoms with van der Waals surface area (Å²) < 4.78 is 4.68. The Labute approximate surface area is 165 Å². The first-order valence-corrected chi connectivity index (χ1v) is 9.36. The second-order valence-electron chi connectivity index (χ2n) is 5.52. The first kappa shape index (κ1) is 19.2. The number of rotatable bonds is 6. The van der Waals surface area contributed by atoms with E-state index in [1.807, 2.05) is 60.7 Å². The van der Waals surface area contributed by atoms with Crippen molar-refractivity contribution in [1.29, 1.82) is 0 Å². The number of hydrogen-bond acceptors (Lipinski definition) is 6. The number of aromatic nitrogens is 1. The molecule has 0 aliphatic heterocycles. The molecule has 28 heavy (non-hydrogen) atoms. The maximum atomic E-state index is 12.9. The number of anilines is 3. The van der Waals surface area contributed by atoms with Gasteiger partial charge in [0.1, 0.15) is 5.69 Å². The molecular formula is C20H17N3O4S. The number of urea groups is 1. The summed E-state index contributed by atoms with van der Waals surface area (Å²) in [5.41, 5.74) is 1.28. The average Bonchev–Trinajstić information content (AvgIpc) is 3.18. The molecule has 0 aliphatic rings. The molecule has 142 valence electrons. The third-order valence-electron chi connectivity index (χ3n) is 3.64. The highest BCUT2D eigenvalue weighted by Gasteiger charge is 2.23. The van der Waals surface area contributed by atoms with E-state index in [4.69, 9.17) is 0 Å². The van der Waals surface area contributed by atoms with E-state index < -0.39 is 17.8 Å². The van der Waals surface area contributed by atoms with Crippen molar-refractivity contribution in [3.05, 3.63) is 71.7 Å². The SMILES string of the molecule is CCOC(=O)C(=O)c1csc(NC(=O)N(c2ccccc2)c2ccccc2)n1. The molecule has 0 atom stereocenters. The molecule has 0 bridgehead atoms. The standard InChI is InChI=1S/C20H17N3O4S/c1-2-27-18(25)17(24)16-13-28-19(21-16)22-20(26)23(14-9-5-3-6-10-14)15-11-7-4-8-12-15/h3-13H,2H2,1H3,(H,21,22,26). The van der Waals surface area contributed by atoms with Crippen molar-refractivity contribution < 1.29 is 19.1 Å². The highest BCUT2D eigenvalue weighted by Crippen LogP contribution is 2.26. The van der Waals surface area contributed by atoms with E-state index in [1.54, 1.807) is 6.92 Å². The van der Waals surface area contributed by atoms with Gasteiger partial charge in [-0.1, -0.05) is 36.4 Å². The number of thiazole rings is 1. The third kappa shape index (κ3) is 4.41. The summed E-state index contributed by atoms with van der Waals surface area (Å²) in [6.45, 7) is 1.71. The van der Waals surface area contributed by atoms with Gasteiger partial charge in [-0.3, -0.25) is 15.0 Å². The molecule has 2 amide bonds. The normalized spacial score (nSPS) is 10.2. The molecule has 1 N–H and O–H groups in total. The van der Waals surface area contributed by atoms with Gasteiger partial charge in [0.15, 0.2) is 5.13 Å². The number of ether oxygens (including phenoxy) is 1. The van der Waals surface area contributed by atoms with Crippen LogP contribution in [-0.2, 0) is 9.53 Å². The van der Waals surface area contributed by atoms with Gasteiger partial charge in [0.05, 0.1) is 18.0 Å². The van der Waals surface area contributed by atoms with Crippen LogP contribution >= 0.6 is 11.3 Å². The number of amides is 2. The molecular weight excluding hydrogens is 378 g/mol. The van der Waals surface area contributed by atoms with Gasteiger partial charge in [0, 0.05) is 5.38 Å². The van der Waals surface area contributed by atoms with Crippen LogP contribution in [0, 0.1) is 0 Å². The van der Waals surface area contributed by atoms with Gasteiger partial charge < -0.3 is 4.74 Å². The highest BCUT2D eigenvalue weighted by atomic mass is 32.1. The number of nitrogens with one attached hydrogen (secondary N) is 1. The zero-order valence-electron chi connectivity index (χ0n) is 15.0. The molecule has 0 fully saturated rings. The van der Waals surface area contributed by atoms with E-state index in [2.05, 4.69) is 15.0 Å². The number of carbonyl (C=O) groups excluding carboxylic acids is 3. The number of nitrogens with zero attached hydrogens (tertiary/aromatic N) is 2. The van der Waals surface area contributed by atoms with Gasteiger partial charge in [0.25, 0.3) is 5.78 Å². The van der Waals surface area contributed by atoms with Crippen molar-refractivity contribution in [3.8, 4) is 0 Å². The molecule has 2 aromatic carbocycles. The molecule has 0 unspecified atom stereocenters. The molecule has 1 aromatic heterocycles. The summed E-state index contributed by atoms with van der Waals surface area (Å²) in [4.78, 5) is 42.0. The predicted octanol–water partition coefficient (Wildman–Crippen LogP) is 4.26. The summed E-state index contributed by atoms with van der Waals surface area (Å²) in [7, 11) is 0. The van der Waals surface area contributed by atoms with Crippen molar-refractivity contribution in [3.63, 3.8) is 0 Å². The molecule has 0 saturated carbocycles. The topological polar surface area (TPSA) is 88.6 Å². The maximum absolute atomic E-state index is 12.9. The monoisotopic (exact) mass is 395 g/mol. The molecule has 0 aliphatic carbocycles. The lowest BCUT2D eigenvalue weighted by atomic mass is 10.2. The summed E-state index contributed by atoms with van der Waals surface area (Å²) in [6, 6.07) is 17.8. The quantitative estimate of drug-likeness (QED) is 0.383. The van der Waals surface area contributed by atoms with Crippen LogP contribution < -0.4 is 10.2 Å². The number of benzene rings is 2. The number of hydrogen-bond donors (Lipinski definition) is 1. The number of ketones is 1. The minimum Gasteiger partial charge on any atom is -0.460 e. The Balaban J connectivity index is 1.82. The number of esters is 1. The summed E-state index contributed by atoms with van der Waals surface area (Å²) in [5.74, 6) is -1.82. The minimum atomic E-state index is -0.971. The van der Waals surface area contributed by atoms with Crippen molar-refractivity contribution in [2.75, 3.05) is 16.8 Å². The Hall–Kier alpha value is -3.52. The zero-order valence-corrected chi connectivity index (χ0v) is 15.8. The fourth-order valence-electron chi connectivity index (χ4n) is 2.42. The van der Waals surface area contributed by atoms with Gasteiger partial charge >= 0.3 is 12.0 Å². The zero-order chi connectivity index (χ0) is 19.9. The minimum absolute atomic E-state index is 0.0651. The lowest BCUT2D eigenvalue weighted by Gasteiger charge is -2.22. The maximum Gasteiger partial charge on any atom is 0.381 e. The van der Waals surface area contributed by atoms with E-state index in [0.717, 1.165) is 11.3 Å². The molecule has 7 nitrogen and oxygen atoms in total. The van der Waals surface area contributed by atoms with Crippen LogP contribution in [0.5, 0.6) is 0 Å². The van der Waals surface area contributed by atoms with Gasteiger partial charge in [-0.05, 0) is 31.2 Å². The van der Waals surface area contributed by atoms with Crippen LogP contribution in [-0.4, -0.2) is 29.4 Å². The first-order chi connectivity index (χ1) is 13.6. The van der Waals surface area contributed by atoms with Crippen LogP contribution in [0.2, 0.25) is 0 Å². The molecule has 1 heterocycles. The largest absolute Gasteiger partial charge is 0.460 e. The summed E-state index contributed by atoms with van der Waals surface area (Å²) in [6.07, 6.45) is 0. The Morgan fingerprint density at radius 2 is 1.57 bits per heavy atom. The van der Waals surface area contributed by atoms with Crippen molar-refractivity contribution in [1.82, 2.24) is 4.98 Å². The Bertz CT molecular complexity index is 934. The number of Topliss-reactive ketones (excluding diaryl/α,β-unsaturated/α-hetero) is 1. The predicted molar refractivity (Wildman–Crippen MR) is 107 cm³/mol. The molecule has 0 spiro atoms. The highest BCUT2D eigenvalue weighted by molar-refractivity contribution is 7.14. The number of carbonyl (C=O) groups is 3. The molecule has 3 rings (SSSR count). The Morgan fingerprint density at radius 3 is 2.11 bits per heavy atom. The third-order valence-corrected chi connectivity index (χ3v) is 4.40. The van der Waals surface area contributed by atoms with E-state index in [9.17, 15) is 14.4 Å². The van der Waals surface area contributed by atoms with E-state index >= 15 is 0 Å². The lowest BCUT2D eigenvalue weighted by molar-refractivity contribution is -0.137. The van der Waals surface area contributed by atoms with Gasteiger partial charge in [-0.2, -0.15) is 0 Å². The molecule has 0 radical (unpaired) electrons. The van der Waals surface area contributed by atoms with Crippen LogP contribution in [0.4, 0.5) is 21.3 Å². The van der Waals surface area contributed by atoms with Crippen molar-refractivity contribution in [2.24, 2.45) is 0 Å². The van der Waals surface area contributed by atoms with Crippen LogP contribution in [0.25, 0.3) is 0 Å². The van der Waals surface area contributed by atoms with E-state index in [0.29, 0.717) is 11.4 Å². The Morgan fingerprint density at radius 1 is 1.00 bits per heavy atom. The second-order valence-corrected chi connectivity index (χ2v) is 6.38. The Kier molecular flexibility index (Phi) is 6.13. The van der Waals surface area contributed by atoms with Crippen molar-refractivity contribution in [2.45, 2.75) is 6.92 Å². The number of para-hydroxylation sites is 2. The first-order valence-electron chi connectivity index (χ1n) is 8.48. The average molecular weight is 395 g/mol. The molecule has 8 heteroatoms. The molecule has 3 aromatic rings. The fraction of sp³-hybridized carbons (Fsp3) is 0.100.